The van der Waals surface area contributed by atoms with Crippen molar-refractivity contribution in [2.75, 3.05) is 27.9 Å². The molecule has 0 unspecified atom stereocenters. The number of fused-ring (bicyclic) bond motifs is 3. The van der Waals surface area contributed by atoms with E-state index in [9.17, 15) is 26.4 Å². The van der Waals surface area contributed by atoms with Crippen LogP contribution in [0.1, 0.15) is 37.5 Å². The van der Waals surface area contributed by atoms with Crippen LogP contribution in [0.4, 0.5) is 18.0 Å². The second-order valence-corrected chi connectivity index (χ2v) is 11.9. The Morgan fingerprint density at radius 3 is 2.25 bits per heavy atom. The van der Waals surface area contributed by atoms with Gasteiger partial charge in [0.1, 0.15) is 28.6 Å². The summed E-state index contributed by atoms with van der Waals surface area (Å²) in [6, 6.07) is 9.31. The number of carbonyl (C=O) groups excluding carboxylic acids is 1. The van der Waals surface area contributed by atoms with E-state index in [1.807, 2.05) is 0 Å². The van der Waals surface area contributed by atoms with Crippen LogP contribution in [0.25, 0.3) is 0 Å². The van der Waals surface area contributed by atoms with Crippen LogP contribution in [-0.2, 0) is 30.9 Å². The Bertz CT molecular complexity index is 1450. The minimum atomic E-state index is -6.06. The zero-order valence-corrected chi connectivity index (χ0v) is 23.6. The quantitative estimate of drug-likeness (QED) is 0.348. The Morgan fingerprint density at radius 1 is 1.00 bits per heavy atom. The van der Waals surface area contributed by atoms with Crippen molar-refractivity contribution in [2.45, 2.75) is 49.8 Å². The summed E-state index contributed by atoms with van der Waals surface area (Å²) in [6.07, 6.45) is 0.675. The average Bonchev–Trinajstić information content (AvgIpc) is 3.21. The second-order valence-electron chi connectivity index (χ2n) is 10.4. The molecule has 2 aromatic rings. The number of hydrogen-bond acceptors (Lipinski definition) is 8. The van der Waals surface area contributed by atoms with Crippen molar-refractivity contribution in [1.29, 1.82) is 0 Å². The molecule has 9 nitrogen and oxygen atoms in total. The number of amides is 1. The van der Waals surface area contributed by atoms with Crippen LogP contribution in [-0.4, -0.2) is 64.4 Å². The molecule has 2 aromatic carbocycles. The van der Waals surface area contributed by atoms with Crippen LogP contribution in [0.3, 0.4) is 0 Å². The Kier molecular flexibility index (Phi) is 7.41. The zero-order valence-electron chi connectivity index (χ0n) is 22.8. The fourth-order valence-electron chi connectivity index (χ4n) is 5.24. The fraction of sp³-hybridized carbons (Fsp3) is 0.444. The van der Waals surface area contributed by atoms with Gasteiger partial charge in [0.2, 0.25) is 0 Å². The summed E-state index contributed by atoms with van der Waals surface area (Å²) in [5, 5.41) is 0. The topological polar surface area (TPSA) is 101 Å². The van der Waals surface area contributed by atoms with Gasteiger partial charge in [-0.1, -0.05) is 12.1 Å². The van der Waals surface area contributed by atoms with Crippen molar-refractivity contribution in [2.24, 2.45) is 0 Å². The van der Waals surface area contributed by atoms with E-state index in [4.69, 9.17) is 18.9 Å². The molecule has 0 bridgehead atoms. The molecule has 40 heavy (non-hydrogen) atoms. The van der Waals surface area contributed by atoms with Crippen molar-refractivity contribution >= 4 is 16.2 Å². The minimum Gasteiger partial charge on any atom is -0.497 e. The number of rotatable bonds is 6. The lowest BCUT2D eigenvalue weighted by Gasteiger charge is -2.45. The highest BCUT2D eigenvalue weighted by Crippen LogP contribution is 2.55. The van der Waals surface area contributed by atoms with E-state index in [2.05, 4.69) is 4.18 Å². The predicted octanol–water partition coefficient (Wildman–Crippen LogP) is 4.92. The van der Waals surface area contributed by atoms with Gasteiger partial charge in [-0.2, -0.15) is 21.6 Å². The van der Waals surface area contributed by atoms with E-state index >= 15 is 0 Å². The minimum absolute atomic E-state index is 0.217. The number of alkyl halides is 3. The lowest BCUT2D eigenvalue weighted by Crippen LogP contribution is -2.56. The van der Waals surface area contributed by atoms with Crippen LogP contribution < -0.4 is 14.2 Å². The molecule has 0 N–H and O–H groups in total. The van der Waals surface area contributed by atoms with E-state index in [-0.39, 0.29) is 6.42 Å². The van der Waals surface area contributed by atoms with Gasteiger partial charge in [0.25, 0.3) is 0 Å². The van der Waals surface area contributed by atoms with E-state index < -0.39 is 51.1 Å². The molecule has 1 heterocycles. The van der Waals surface area contributed by atoms with Gasteiger partial charge in [-0.05, 0) is 62.6 Å². The second kappa shape index (κ2) is 10.1. The highest BCUT2D eigenvalue weighted by molar-refractivity contribution is 7.87. The summed E-state index contributed by atoms with van der Waals surface area (Å²) in [5.74, 6) is 0.603. The molecule has 0 saturated carbocycles. The molecule has 2 aliphatic rings. The summed E-state index contributed by atoms with van der Waals surface area (Å²) >= 11 is 0. The largest absolute Gasteiger partial charge is 0.534 e. The Morgan fingerprint density at radius 2 is 1.68 bits per heavy atom. The molecule has 0 spiro atoms. The van der Waals surface area contributed by atoms with Crippen molar-refractivity contribution in [3.8, 4) is 17.2 Å². The first-order chi connectivity index (χ1) is 18.6. The van der Waals surface area contributed by atoms with Crippen molar-refractivity contribution in [1.82, 2.24) is 4.90 Å². The van der Waals surface area contributed by atoms with Gasteiger partial charge in [-0.3, -0.25) is 4.90 Å². The van der Waals surface area contributed by atoms with Gasteiger partial charge >= 0.3 is 21.7 Å². The number of halogens is 3. The highest BCUT2D eigenvalue weighted by atomic mass is 32.2. The van der Waals surface area contributed by atoms with Crippen molar-refractivity contribution in [3.05, 3.63) is 64.9 Å². The zero-order chi connectivity index (χ0) is 29.7. The van der Waals surface area contributed by atoms with E-state index in [0.29, 0.717) is 33.9 Å². The average molecular weight is 586 g/mol. The Balaban J connectivity index is 2.06. The standard InChI is InChI=1S/C27H30F3NO8S/c1-25(2,3)38-24(32)31-15-20(39-40(33,34)27(28,29)30)14-26(17-8-7-9-18(12-17)35-4)22(31)11-16-10-19(36-5)13-21(37-6)23(16)26/h7-10,12-14,22H,11,15H2,1-6H3/t22-,26+/m0/s1. The molecule has 2 atom stereocenters. The van der Waals surface area contributed by atoms with Crippen molar-refractivity contribution in [3.63, 3.8) is 0 Å². The van der Waals surface area contributed by atoms with Crippen molar-refractivity contribution < 1.29 is 49.5 Å². The molecular formula is C27H30F3NO8S. The molecule has 0 saturated heterocycles. The van der Waals surface area contributed by atoms with Gasteiger partial charge in [0, 0.05) is 11.6 Å². The molecular weight excluding hydrogens is 555 g/mol. The van der Waals surface area contributed by atoms with Crippen LogP contribution in [0.5, 0.6) is 17.2 Å². The first-order valence-corrected chi connectivity index (χ1v) is 13.6. The van der Waals surface area contributed by atoms with Crippen LogP contribution in [0.15, 0.2) is 48.2 Å². The molecule has 1 aliphatic carbocycles. The third-order valence-corrected chi connectivity index (χ3v) is 7.73. The predicted molar refractivity (Wildman–Crippen MR) is 138 cm³/mol. The van der Waals surface area contributed by atoms with Gasteiger partial charge < -0.3 is 23.1 Å². The molecule has 1 amide bonds. The van der Waals surface area contributed by atoms with E-state index in [0.717, 1.165) is 0 Å². The molecule has 13 heteroatoms. The number of nitrogens with zero attached hydrogens (tertiary/aromatic N) is 1. The first-order valence-electron chi connectivity index (χ1n) is 12.2. The van der Waals surface area contributed by atoms with Gasteiger partial charge in [-0.15, -0.1) is 0 Å². The number of benzene rings is 2. The maximum atomic E-state index is 13.6. The SMILES string of the molecule is COc1cccc([C@]23C=C(OS(=O)(=O)C(F)(F)F)CN(C(=O)OC(C)(C)C)[C@H]2Cc2cc(OC)cc(OC)c23)c1. The molecule has 4 rings (SSSR count). The first kappa shape index (κ1) is 29.4. The third kappa shape index (κ3) is 5.14. The summed E-state index contributed by atoms with van der Waals surface area (Å²) in [7, 11) is -1.71. The Hall–Kier alpha value is -3.61. The monoisotopic (exact) mass is 585 g/mol. The number of hydrogen-bond donors (Lipinski definition) is 0. The molecule has 0 aromatic heterocycles. The summed E-state index contributed by atoms with van der Waals surface area (Å²) in [4.78, 5) is 14.8. The highest BCUT2D eigenvalue weighted by Gasteiger charge is 2.57. The molecule has 0 radical (unpaired) electrons. The molecule has 1 aliphatic heterocycles. The smallest absolute Gasteiger partial charge is 0.497 e. The summed E-state index contributed by atoms with van der Waals surface area (Å²) < 4.78 is 91.3. The number of ether oxygens (including phenoxy) is 4. The maximum absolute atomic E-state index is 13.6. The molecule has 0 fully saturated rings. The maximum Gasteiger partial charge on any atom is 0.534 e. The normalized spacial score (nSPS) is 20.7. The van der Waals surface area contributed by atoms with Gasteiger partial charge in [0.05, 0.1) is 39.3 Å². The Labute approximate surface area is 230 Å². The van der Waals surface area contributed by atoms with Crippen LogP contribution in [0, 0.1) is 0 Å². The van der Waals surface area contributed by atoms with Crippen LogP contribution in [0.2, 0.25) is 0 Å². The van der Waals surface area contributed by atoms with Gasteiger partial charge in [-0.25, -0.2) is 4.79 Å². The van der Waals surface area contributed by atoms with E-state index in [1.54, 1.807) is 57.2 Å². The van der Waals surface area contributed by atoms with E-state index in [1.165, 1.54) is 32.3 Å². The third-order valence-electron chi connectivity index (χ3n) is 6.73. The van der Waals surface area contributed by atoms with Gasteiger partial charge in [0.15, 0.2) is 0 Å². The number of carbonyl (C=O) groups is 1. The lowest BCUT2D eigenvalue weighted by atomic mass is 9.70. The summed E-state index contributed by atoms with van der Waals surface area (Å²) in [6.45, 7) is 4.34. The molecule has 218 valence electrons. The van der Waals surface area contributed by atoms with Crippen LogP contribution >= 0.6 is 0 Å². The lowest BCUT2D eigenvalue weighted by molar-refractivity contribution is -0.0529. The fourth-order valence-corrected chi connectivity index (χ4v) is 5.72. The number of methoxy groups -OCH3 is 3. The summed E-state index contributed by atoms with van der Waals surface area (Å²) in [5.41, 5.74) is -6.39.